The van der Waals surface area contributed by atoms with Crippen molar-refractivity contribution >= 4 is 26.3 Å². The minimum absolute atomic E-state index is 0.0923. The van der Waals surface area contributed by atoms with Gasteiger partial charge in [0.05, 0.1) is 19.3 Å². The van der Waals surface area contributed by atoms with Gasteiger partial charge in [-0.2, -0.15) is 0 Å². The van der Waals surface area contributed by atoms with Crippen LogP contribution in [0.15, 0.2) is 24.3 Å². The van der Waals surface area contributed by atoms with Crippen molar-refractivity contribution in [1.29, 1.82) is 0 Å². The van der Waals surface area contributed by atoms with Crippen LogP contribution in [0.1, 0.15) is 71.3 Å². The summed E-state index contributed by atoms with van der Waals surface area (Å²) >= 11 is 0. The van der Waals surface area contributed by atoms with Gasteiger partial charge < -0.3 is 29.3 Å². The summed E-state index contributed by atoms with van der Waals surface area (Å²) in [6, 6.07) is 5.34. The van der Waals surface area contributed by atoms with E-state index in [1.54, 1.807) is 66.0 Å². The molecule has 0 aliphatic rings. The summed E-state index contributed by atoms with van der Waals surface area (Å²) in [4.78, 5) is 37.8. The molecule has 0 aromatic heterocycles. The monoisotopic (exact) mass is 586 g/mol. The van der Waals surface area contributed by atoms with Crippen LogP contribution in [0.5, 0.6) is 0 Å². The molecule has 9 nitrogen and oxygen atoms in total. The van der Waals surface area contributed by atoms with Crippen molar-refractivity contribution in [2.75, 3.05) is 20.8 Å². The predicted molar refractivity (Wildman–Crippen MR) is 162 cm³/mol. The lowest BCUT2D eigenvalue weighted by atomic mass is 9.94. The van der Waals surface area contributed by atoms with E-state index in [-0.39, 0.29) is 11.1 Å². The molecule has 0 aliphatic heterocycles. The van der Waals surface area contributed by atoms with Crippen molar-refractivity contribution in [2.45, 2.75) is 96.8 Å². The molecule has 0 saturated heterocycles. The summed E-state index contributed by atoms with van der Waals surface area (Å²) in [6.45, 7) is 19.6. The normalized spacial score (nSPS) is 13.4. The van der Waals surface area contributed by atoms with Crippen LogP contribution in [-0.4, -0.2) is 70.4 Å². The number of hydrogen-bond acceptors (Lipinski definition) is 7. The van der Waals surface area contributed by atoms with Crippen molar-refractivity contribution in [3.63, 3.8) is 0 Å². The number of alkyl carbamates (subject to hydrolysis) is 1. The summed E-state index contributed by atoms with van der Waals surface area (Å²) in [5.74, 6) is 10.3. The topological polar surface area (TPSA) is 112 Å². The fourth-order valence-corrected chi connectivity index (χ4v) is 4.10. The zero-order chi connectivity index (χ0) is 31.6. The molecular formula is C31H46N2O7Si. The summed E-state index contributed by atoms with van der Waals surface area (Å²) < 4.78 is 21.8. The molecule has 2 amide bonds. The number of rotatable bonds is 9. The maximum absolute atomic E-state index is 13.0. The molecule has 0 heterocycles. The Labute approximate surface area is 246 Å². The number of hydrogen-bond donors (Lipinski definition) is 2. The molecule has 10 heteroatoms. The lowest BCUT2D eigenvalue weighted by molar-refractivity contribution is -0.144. The van der Waals surface area contributed by atoms with E-state index in [0.29, 0.717) is 17.7 Å². The summed E-state index contributed by atoms with van der Waals surface area (Å²) in [5, 5.41) is 5.38. The van der Waals surface area contributed by atoms with Crippen molar-refractivity contribution in [3.05, 3.63) is 35.4 Å². The standard InChI is InChI=1S/C31H46N2O7Si/c1-29(2,3)40-28(36)33-31(7,8)25(27(35)38-10)32-26(34)23-19-17-22(18-20-23)15-13-14-16-24(37-9)21-39-41(11,12)30(4,5)6/h17-20,24-25H,21H2,1-12H3,(H,32,34)(H,33,36)/t24?,25-/m1/s1. The molecule has 0 radical (unpaired) electrons. The van der Waals surface area contributed by atoms with Gasteiger partial charge in [-0.15, -0.1) is 0 Å². The van der Waals surface area contributed by atoms with E-state index in [1.807, 2.05) is 0 Å². The molecule has 1 aromatic carbocycles. The number of methoxy groups -OCH3 is 2. The van der Waals surface area contributed by atoms with E-state index in [1.165, 1.54) is 7.11 Å². The second-order valence-corrected chi connectivity index (χ2v) is 17.5. The van der Waals surface area contributed by atoms with Gasteiger partial charge in [0, 0.05) is 18.2 Å². The average Bonchev–Trinajstić information content (AvgIpc) is 2.84. The first kappa shape index (κ1) is 35.7. The summed E-state index contributed by atoms with van der Waals surface area (Å²) in [5.41, 5.74) is -1.000. The summed E-state index contributed by atoms with van der Waals surface area (Å²) in [7, 11) is 0.883. The third kappa shape index (κ3) is 12.0. The third-order valence-electron chi connectivity index (χ3n) is 6.59. The molecule has 0 fully saturated rings. The number of ether oxygens (including phenoxy) is 3. The second kappa shape index (κ2) is 14.5. The smallest absolute Gasteiger partial charge is 0.408 e. The molecule has 2 atom stereocenters. The van der Waals surface area contributed by atoms with Crippen LogP contribution < -0.4 is 10.6 Å². The van der Waals surface area contributed by atoms with Gasteiger partial charge in [-0.25, -0.2) is 9.59 Å². The molecule has 41 heavy (non-hydrogen) atoms. The second-order valence-electron chi connectivity index (χ2n) is 12.7. The van der Waals surface area contributed by atoms with E-state index in [4.69, 9.17) is 18.6 Å². The minimum atomic E-state index is -1.91. The van der Waals surface area contributed by atoms with Gasteiger partial charge in [-0.05, 0) is 88.9 Å². The van der Waals surface area contributed by atoms with Crippen molar-refractivity contribution in [3.8, 4) is 23.7 Å². The molecule has 1 aromatic rings. The summed E-state index contributed by atoms with van der Waals surface area (Å²) in [6.07, 6.45) is -1.11. The minimum Gasteiger partial charge on any atom is -0.467 e. The first-order valence-corrected chi connectivity index (χ1v) is 16.3. The molecule has 226 valence electrons. The maximum Gasteiger partial charge on any atom is 0.408 e. The van der Waals surface area contributed by atoms with Crippen molar-refractivity contribution < 1.29 is 33.0 Å². The fraction of sp³-hybridized carbons (Fsp3) is 0.581. The van der Waals surface area contributed by atoms with Crippen LogP contribution in [0.2, 0.25) is 18.1 Å². The highest BCUT2D eigenvalue weighted by Crippen LogP contribution is 2.36. The zero-order valence-corrected chi connectivity index (χ0v) is 27.5. The van der Waals surface area contributed by atoms with Gasteiger partial charge in [-0.1, -0.05) is 32.6 Å². The van der Waals surface area contributed by atoms with Gasteiger partial charge in [0.1, 0.15) is 17.7 Å². The Morgan fingerprint density at radius 3 is 2.00 bits per heavy atom. The quantitative estimate of drug-likeness (QED) is 0.246. The molecule has 2 N–H and O–H groups in total. The van der Waals surface area contributed by atoms with E-state index >= 15 is 0 Å². The van der Waals surface area contributed by atoms with Crippen LogP contribution in [0.25, 0.3) is 0 Å². The Kier molecular flexibility index (Phi) is 12.7. The molecular weight excluding hydrogens is 540 g/mol. The van der Waals surface area contributed by atoms with Crippen LogP contribution in [0, 0.1) is 23.7 Å². The number of esters is 1. The van der Waals surface area contributed by atoms with E-state index in [9.17, 15) is 14.4 Å². The zero-order valence-electron chi connectivity index (χ0n) is 26.5. The van der Waals surface area contributed by atoms with Gasteiger partial charge in [0.15, 0.2) is 8.32 Å². The number of carbonyl (C=O) groups is 3. The van der Waals surface area contributed by atoms with Gasteiger partial charge in [0.25, 0.3) is 5.91 Å². The van der Waals surface area contributed by atoms with Crippen molar-refractivity contribution in [2.24, 2.45) is 0 Å². The highest BCUT2D eigenvalue weighted by atomic mass is 28.4. The van der Waals surface area contributed by atoms with Gasteiger partial charge in [-0.3, -0.25) is 4.79 Å². The van der Waals surface area contributed by atoms with Crippen LogP contribution in [-0.2, 0) is 23.4 Å². The number of carbonyl (C=O) groups excluding carboxylic acids is 3. The fourth-order valence-electron chi connectivity index (χ4n) is 3.10. The molecule has 0 aliphatic carbocycles. The molecule has 0 saturated carbocycles. The number of amides is 2. The SMILES string of the molecule is COC(=O)[C@@H](NC(=O)c1ccc(C#CC#CC(CO[Si](C)(C)C(C)(C)C)OC)cc1)C(C)(C)NC(=O)OC(C)(C)C. The average molecular weight is 587 g/mol. The van der Waals surface area contributed by atoms with Crippen molar-refractivity contribution in [1.82, 2.24) is 10.6 Å². The highest BCUT2D eigenvalue weighted by Gasteiger charge is 2.40. The first-order chi connectivity index (χ1) is 18.7. The predicted octanol–water partition coefficient (Wildman–Crippen LogP) is 4.65. The van der Waals surface area contributed by atoms with Crippen LogP contribution in [0.4, 0.5) is 4.79 Å². The molecule has 0 spiro atoms. The maximum atomic E-state index is 13.0. The number of nitrogens with one attached hydrogen (secondary N) is 2. The first-order valence-electron chi connectivity index (χ1n) is 13.4. The highest BCUT2D eigenvalue weighted by molar-refractivity contribution is 6.74. The molecule has 1 rings (SSSR count). The largest absolute Gasteiger partial charge is 0.467 e. The van der Waals surface area contributed by atoms with Gasteiger partial charge in [0.2, 0.25) is 0 Å². The third-order valence-corrected chi connectivity index (χ3v) is 11.1. The Morgan fingerprint density at radius 2 is 1.51 bits per heavy atom. The Hall–Kier alpha value is -3.31. The van der Waals surface area contributed by atoms with Crippen LogP contribution in [0.3, 0.4) is 0 Å². The lowest BCUT2D eigenvalue weighted by Gasteiger charge is -2.36. The number of benzene rings is 1. The Balaban J connectivity index is 2.92. The Bertz CT molecular complexity index is 1190. The Morgan fingerprint density at radius 1 is 0.927 bits per heavy atom. The molecule has 0 bridgehead atoms. The van der Waals surface area contributed by atoms with E-state index < -0.39 is 43.5 Å². The molecule has 1 unspecified atom stereocenters. The van der Waals surface area contributed by atoms with E-state index in [2.05, 4.69) is 68.2 Å². The van der Waals surface area contributed by atoms with Gasteiger partial charge >= 0.3 is 12.1 Å². The van der Waals surface area contributed by atoms with E-state index in [0.717, 1.165) is 0 Å². The lowest BCUT2D eigenvalue weighted by Crippen LogP contribution is -2.62. The van der Waals surface area contributed by atoms with Crippen LogP contribution >= 0.6 is 0 Å².